The largest absolute Gasteiger partial charge is 0.492 e. The number of carbonyl (C=O) groups excluding carboxylic acids is 1. The number of nitrogens with two attached hydrogens (primary N) is 2. The Morgan fingerprint density at radius 3 is 1.40 bits per heavy atom. The minimum absolute atomic E-state index is 0.401. The van der Waals surface area contributed by atoms with Crippen LogP contribution in [0.1, 0.15) is 38.5 Å². The molecule has 2 amide bonds. The highest BCUT2D eigenvalue weighted by Crippen LogP contribution is 2.28. The third-order valence-electron chi connectivity index (χ3n) is 9.20. The Morgan fingerprint density at radius 2 is 1.00 bits per heavy atom. The van der Waals surface area contributed by atoms with Crippen molar-refractivity contribution in [2.75, 3.05) is 52.5 Å². The van der Waals surface area contributed by atoms with Gasteiger partial charge in [0.05, 0.1) is 0 Å². The van der Waals surface area contributed by atoms with Crippen LogP contribution in [0.25, 0.3) is 0 Å². The quantitative estimate of drug-likeness (QED) is 0.0917. The molecule has 53 heavy (non-hydrogen) atoms. The minimum Gasteiger partial charge on any atom is -0.492 e. The smallest absolute Gasteiger partial charge is 0.312 e. The summed E-state index contributed by atoms with van der Waals surface area (Å²) in [4.78, 5) is 15.6. The molecular formula is C41H51Cl2N5O5. The van der Waals surface area contributed by atoms with E-state index in [1.165, 1.54) is 19.3 Å². The van der Waals surface area contributed by atoms with Crippen LogP contribution in [0.4, 0.5) is 4.79 Å². The van der Waals surface area contributed by atoms with Gasteiger partial charge in [-0.05, 0) is 162 Å². The van der Waals surface area contributed by atoms with Crippen LogP contribution < -0.4 is 35.7 Å². The van der Waals surface area contributed by atoms with Crippen LogP contribution >= 0.6 is 23.2 Å². The third kappa shape index (κ3) is 13.9. The summed E-state index contributed by atoms with van der Waals surface area (Å²) in [5, 5.41) is 4.01. The lowest BCUT2D eigenvalue weighted by atomic mass is 10.2. The second-order valence-electron chi connectivity index (χ2n) is 13.1. The van der Waals surface area contributed by atoms with Gasteiger partial charge in [0.25, 0.3) is 0 Å². The van der Waals surface area contributed by atoms with Crippen molar-refractivity contribution in [1.82, 2.24) is 15.1 Å². The van der Waals surface area contributed by atoms with Crippen molar-refractivity contribution < 1.29 is 23.7 Å². The van der Waals surface area contributed by atoms with Gasteiger partial charge in [-0.25, -0.2) is 4.79 Å². The van der Waals surface area contributed by atoms with E-state index in [9.17, 15) is 4.79 Å². The predicted molar refractivity (Wildman–Crippen MR) is 212 cm³/mol. The predicted octanol–water partition coefficient (Wildman–Crippen LogP) is 8.36. The molecule has 4 aromatic carbocycles. The minimum atomic E-state index is -0.468. The summed E-state index contributed by atoms with van der Waals surface area (Å²) in [7, 11) is 0. The fraction of sp³-hybridized carbons (Fsp3) is 0.390. The van der Waals surface area contributed by atoms with Crippen molar-refractivity contribution in [3.63, 3.8) is 0 Å². The van der Waals surface area contributed by atoms with E-state index >= 15 is 0 Å². The van der Waals surface area contributed by atoms with Crippen molar-refractivity contribution in [2.24, 2.45) is 11.5 Å². The Kier molecular flexibility index (Phi) is 16.2. The molecule has 2 fully saturated rings. The first-order valence-electron chi connectivity index (χ1n) is 18.4. The molecule has 12 heteroatoms. The number of hydrogen-bond acceptors (Lipinski definition) is 8. The molecular weight excluding hydrogens is 713 g/mol. The van der Waals surface area contributed by atoms with Gasteiger partial charge in [0, 0.05) is 35.2 Å². The molecule has 2 heterocycles. The van der Waals surface area contributed by atoms with Gasteiger partial charge < -0.3 is 35.7 Å². The van der Waals surface area contributed by atoms with Gasteiger partial charge in [0.1, 0.15) is 47.7 Å². The first-order chi connectivity index (χ1) is 25.8. The van der Waals surface area contributed by atoms with E-state index in [-0.39, 0.29) is 0 Å². The zero-order valence-electron chi connectivity index (χ0n) is 30.1. The van der Waals surface area contributed by atoms with Gasteiger partial charge >= 0.3 is 6.03 Å². The molecule has 0 bridgehead atoms. The number of ether oxygens (including phenoxy) is 4. The summed E-state index contributed by atoms with van der Waals surface area (Å²) in [5.41, 5.74) is 10.7. The van der Waals surface area contributed by atoms with Crippen LogP contribution in [0.5, 0.6) is 34.5 Å². The average Bonchev–Trinajstić information content (AvgIpc) is 3.83. The number of amides is 2. The maximum atomic E-state index is 10.7. The molecule has 6 rings (SSSR count). The van der Waals surface area contributed by atoms with Crippen LogP contribution in [-0.4, -0.2) is 80.4 Å². The van der Waals surface area contributed by atoms with Gasteiger partial charge in [-0.2, -0.15) is 0 Å². The number of hydrogen-bond donors (Lipinski definition) is 3. The third-order valence-corrected chi connectivity index (χ3v) is 9.70. The first-order valence-corrected chi connectivity index (χ1v) is 19.1. The lowest BCUT2D eigenvalue weighted by molar-refractivity contribution is 0.171. The van der Waals surface area contributed by atoms with Crippen LogP contribution in [-0.2, 0) is 0 Å². The summed E-state index contributed by atoms with van der Waals surface area (Å²) in [5.74, 6) is 4.73. The molecule has 4 aromatic rings. The Labute approximate surface area is 323 Å². The molecule has 0 saturated carbocycles. The molecule has 0 radical (unpaired) electrons. The fourth-order valence-corrected chi connectivity index (χ4v) is 6.67. The molecule has 284 valence electrons. The molecule has 2 aliphatic rings. The highest BCUT2D eigenvalue weighted by molar-refractivity contribution is 6.30. The molecule has 2 aliphatic heterocycles. The topological polar surface area (TPSA) is 125 Å². The monoisotopic (exact) mass is 763 g/mol. The zero-order chi connectivity index (χ0) is 37.3. The van der Waals surface area contributed by atoms with Crippen molar-refractivity contribution in [1.29, 1.82) is 0 Å². The normalized spacial score (nSPS) is 17.1. The first kappa shape index (κ1) is 40.0. The molecule has 5 N–H and O–H groups in total. The van der Waals surface area contributed by atoms with Gasteiger partial charge in [-0.1, -0.05) is 23.2 Å². The zero-order valence-corrected chi connectivity index (χ0v) is 31.6. The fourth-order valence-electron chi connectivity index (χ4n) is 6.41. The maximum absolute atomic E-state index is 10.7. The van der Waals surface area contributed by atoms with Gasteiger partial charge in [-0.15, -0.1) is 0 Å². The standard InChI is InChI=1S/C21H26ClN3O3.C20H25ClN2O2/c22-16-4-6-19(7-5-16)28-20-10-8-18(9-11-20)27-15-17-3-1-13-25(17)14-2-12-24-21(23)26;21-16-4-6-19(7-5-16)25-20-10-8-18(9-11-20)24-15-17-3-1-13-23(17)14-2-12-22/h4-11,17H,1-3,12-15H2,(H3,23,24,26);4-11,17H,1-3,12-15,22H2/t2*17-/m00/s1. The molecule has 0 aliphatic carbocycles. The summed E-state index contributed by atoms with van der Waals surface area (Å²) >= 11 is 11.8. The molecule has 0 unspecified atom stereocenters. The van der Waals surface area contributed by atoms with Crippen LogP contribution in [0, 0.1) is 0 Å². The highest BCUT2D eigenvalue weighted by atomic mass is 35.5. The number of halogens is 2. The molecule has 2 saturated heterocycles. The number of likely N-dealkylation sites (tertiary alicyclic amines) is 2. The Hall–Kier alpha value is -4.19. The Balaban J connectivity index is 0.000000206. The van der Waals surface area contributed by atoms with E-state index in [2.05, 4.69) is 15.1 Å². The van der Waals surface area contributed by atoms with E-state index in [0.29, 0.717) is 35.3 Å². The number of primary amides is 1. The van der Waals surface area contributed by atoms with Crippen molar-refractivity contribution in [3.8, 4) is 34.5 Å². The summed E-state index contributed by atoms with van der Waals surface area (Å²) < 4.78 is 23.5. The van der Waals surface area contributed by atoms with Gasteiger partial charge in [0.15, 0.2) is 0 Å². The number of nitrogens with one attached hydrogen (secondary N) is 1. The van der Waals surface area contributed by atoms with Gasteiger partial charge in [-0.3, -0.25) is 9.80 Å². The van der Waals surface area contributed by atoms with Gasteiger partial charge in [0.2, 0.25) is 0 Å². The number of urea groups is 1. The lowest BCUT2D eigenvalue weighted by Crippen LogP contribution is -2.37. The second kappa shape index (κ2) is 21.5. The van der Waals surface area contributed by atoms with E-state index in [4.69, 9.17) is 53.6 Å². The molecule has 10 nitrogen and oxygen atoms in total. The van der Waals surface area contributed by atoms with Crippen molar-refractivity contribution in [2.45, 2.75) is 50.6 Å². The van der Waals surface area contributed by atoms with Crippen molar-refractivity contribution >= 4 is 29.2 Å². The molecule has 0 aromatic heterocycles. The van der Waals surface area contributed by atoms with E-state index in [1.807, 2.05) is 84.9 Å². The number of nitrogens with zero attached hydrogens (tertiary/aromatic N) is 2. The van der Waals surface area contributed by atoms with E-state index in [1.54, 1.807) is 12.1 Å². The molecule has 2 atom stereocenters. The summed E-state index contributed by atoms with van der Waals surface area (Å²) in [6.45, 7) is 6.96. The van der Waals surface area contributed by atoms with Crippen LogP contribution in [0.3, 0.4) is 0 Å². The second-order valence-corrected chi connectivity index (χ2v) is 14.0. The molecule has 0 spiro atoms. The van der Waals surface area contributed by atoms with Crippen LogP contribution in [0.15, 0.2) is 97.1 Å². The SMILES string of the molecule is NC(=O)NCCCN1CCC[C@H]1COc1ccc(Oc2ccc(Cl)cc2)cc1.NCCCN1CCC[C@H]1COc1ccc(Oc2ccc(Cl)cc2)cc1. The maximum Gasteiger partial charge on any atom is 0.312 e. The average molecular weight is 765 g/mol. The highest BCUT2D eigenvalue weighted by Gasteiger charge is 2.25. The Morgan fingerprint density at radius 1 is 0.623 bits per heavy atom. The van der Waals surface area contributed by atoms with E-state index in [0.717, 1.165) is 93.1 Å². The summed E-state index contributed by atoms with van der Waals surface area (Å²) in [6, 6.07) is 30.4. The van der Waals surface area contributed by atoms with Crippen molar-refractivity contribution in [3.05, 3.63) is 107 Å². The number of benzene rings is 4. The number of rotatable bonds is 17. The van der Waals surface area contributed by atoms with E-state index < -0.39 is 6.03 Å². The summed E-state index contributed by atoms with van der Waals surface area (Å²) in [6.07, 6.45) is 6.67. The lowest BCUT2D eigenvalue weighted by Gasteiger charge is -2.24. The van der Waals surface area contributed by atoms with Crippen LogP contribution in [0.2, 0.25) is 10.0 Å². The Bertz CT molecular complexity index is 1650. The number of carbonyl (C=O) groups is 1.